The summed E-state index contributed by atoms with van der Waals surface area (Å²) < 4.78 is 5.45. The summed E-state index contributed by atoms with van der Waals surface area (Å²) in [6.07, 6.45) is 4.74. The molecule has 0 bridgehead atoms. The molecular formula is C15H14N4O4. The van der Waals surface area contributed by atoms with Gasteiger partial charge in [-0.15, -0.1) is 0 Å². The van der Waals surface area contributed by atoms with Crippen LogP contribution in [0, 0.1) is 0 Å². The molecule has 3 N–H and O–H groups in total. The van der Waals surface area contributed by atoms with E-state index in [9.17, 15) is 15.0 Å². The normalized spacial score (nSPS) is 14.5. The number of carboxylic acids is 1. The van der Waals surface area contributed by atoms with Gasteiger partial charge in [0.1, 0.15) is 0 Å². The standard InChI is InChI=1S/C15H14N4O4/c1-19(2)18-14-11(15(21)22)12(20)10(23-14)6-8-7-17-13-9(8)4-3-5-16-13/h3-7,18,20H,1-2H3,(H,21,22). The van der Waals surface area contributed by atoms with Crippen molar-refractivity contribution in [3.05, 3.63) is 35.2 Å². The van der Waals surface area contributed by atoms with Gasteiger partial charge in [0.25, 0.3) is 0 Å². The summed E-state index contributed by atoms with van der Waals surface area (Å²) in [5, 5.41) is 20.9. The van der Waals surface area contributed by atoms with Gasteiger partial charge in [-0.2, -0.15) is 0 Å². The zero-order valence-corrected chi connectivity index (χ0v) is 12.4. The van der Waals surface area contributed by atoms with Crippen molar-refractivity contribution in [2.24, 2.45) is 4.99 Å². The van der Waals surface area contributed by atoms with Gasteiger partial charge in [0.15, 0.2) is 22.9 Å². The molecule has 3 rings (SSSR count). The minimum Gasteiger partial charge on any atom is -0.504 e. The topological polar surface area (TPSA) is 111 Å². The number of furan rings is 1. The lowest BCUT2D eigenvalue weighted by Gasteiger charge is -2.10. The summed E-state index contributed by atoms with van der Waals surface area (Å²) in [6.45, 7) is 0. The van der Waals surface area contributed by atoms with E-state index in [4.69, 9.17) is 4.42 Å². The van der Waals surface area contributed by atoms with Crippen LogP contribution >= 0.6 is 0 Å². The first kappa shape index (κ1) is 14.8. The smallest absolute Gasteiger partial charge is 0.345 e. The number of nitrogens with zero attached hydrogens (tertiary/aromatic N) is 3. The van der Waals surface area contributed by atoms with Gasteiger partial charge in [0.05, 0.1) is 0 Å². The molecule has 0 atom stereocenters. The van der Waals surface area contributed by atoms with E-state index < -0.39 is 11.7 Å². The van der Waals surface area contributed by atoms with Crippen LogP contribution < -0.4 is 5.43 Å². The first-order valence-electron chi connectivity index (χ1n) is 6.71. The molecule has 8 nitrogen and oxygen atoms in total. The zero-order valence-electron chi connectivity index (χ0n) is 12.4. The number of carboxylic acid groups (broad SMARTS) is 1. The first-order valence-corrected chi connectivity index (χ1v) is 6.71. The number of aliphatic imine (C=N–C) groups is 1. The first-order chi connectivity index (χ1) is 11.0. The number of nitrogens with one attached hydrogen (secondary N) is 1. The highest BCUT2D eigenvalue weighted by molar-refractivity contribution is 6.21. The lowest BCUT2D eigenvalue weighted by Crippen LogP contribution is -2.20. The van der Waals surface area contributed by atoms with Crippen LogP contribution in [0.15, 0.2) is 27.7 Å². The van der Waals surface area contributed by atoms with Crippen LogP contribution in [0.3, 0.4) is 0 Å². The molecule has 2 aromatic heterocycles. The second kappa shape index (κ2) is 5.58. The van der Waals surface area contributed by atoms with E-state index in [0.717, 1.165) is 5.56 Å². The molecule has 0 unspecified atom stereocenters. The Labute approximate surface area is 131 Å². The minimum atomic E-state index is -1.29. The SMILES string of the molecule is CN(C)Nc1oc(C=C2C=Nc3ncccc32)c(O)c1C(=O)O. The van der Waals surface area contributed by atoms with E-state index in [-0.39, 0.29) is 17.2 Å². The van der Waals surface area contributed by atoms with Gasteiger partial charge in [0.2, 0.25) is 5.88 Å². The number of hydrogen-bond acceptors (Lipinski definition) is 7. The molecular weight excluding hydrogens is 300 g/mol. The van der Waals surface area contributed by atoms with Crippen LogP contribution in [0.25, 0.3) is 11.6 Å². The summed E-state index contributed by atoms with van der Waals surface area (Å²) in [5.41, 5.74) is 3.84. The molecule has 3 heterocycles. The quantitative estimate of drug-likeness (QED) is 0.742. The molecule has 0 saturated heterocycles. The number of rotatable bonds is 4. The highest BCUT2D eigenvalue weighted by atomic mass is 16.4. The Kier molecular flexibility index (Phi) is 3.59. The van der Waals surface area contributed by atoms with Crippen LogP contribution in [-0.4, -0.2) is 46.5 Å². The van der Waals surface area contributed by atoms with Crippen molar-refractivity contribution in [1.29, 1.82) is 0 Å². The molecule has 23 heavy (non-hydrogen) atoms. The van der Waals surface area contributed by atoms with E-state index in [1.54, 1.807) is 32.6 Å². The maximum absolute atomic E-state index is 11.3. The summed E-state index contributed by atoms with van der Waals surface area (Å²) in [5.74, 6) is -1.18. The summed E-state index contributed by atoms with van der Waals surface area (Å²) in [7, 11) is 3.35. The fourth-order valence-electron chi connectivity index (χ4n) is 2.20. The predicted octanol–water partition coefficient (Wildman–Crippen LogP) is 2.22. The number of pyridine rings is 1. The third-order valence-corrected chi connectivity index (χ3v) is 3.16. The fourth-order valence-corrected chi connectivity index (χ4v) is 2.20. The molecule has 0 aliphatic carbocycles. The molecule has 1 aliphatic heterocycles. The number of anilines is 1. The van der Waals surface area contributed by atoms with Crippen molar-refractivity contribution in [3.63, 3.8) is 0 Å². The third kappa shape index (κ3) is 2.67. The monoisotopic (exact) mass is 314 g/mol. The predicted molar refractivity (Wildman–Crippen MR) is 84.9 cm³/mol. The molecule has 0 spiro atoms. The number of hydrazine groups is 1. The lowest BCUT2D eigenvalue weighted by molar-refractivity contribution is 0.0694. The van der Waals surface area contributed by atoms with Gasteiger partial charge in [-0.1, -0.05) is 0 Å². The molecule has 0 saturated carbocycles. The third-order valence-electron chi connectivity index (χ3n) is 3.16. The van der Waals surface area contributed by atoms with Gasteiger partial charge >= 0.3 is 5.97 Å². The molecule has 2 aromatic rings. The van der Waals surface area contributed by atoms with Gasteiger partial charge in [-0.05, 0) is 18.2 Å². The molecule has 0 radical (unpaired) electrons. The number of aromatic nitrogens is 1. The van der Waals surface area contributed by atoms with Gasteiger partial charge < -0.3 is 14.6 Å². The Balaban J connectivity index is 2.07. The average molecular weight is 314 g/mol. The van der Waals surface area contributed by atoms with Crippen molar-refractivity contribution in [1.82, 2.24) is 9.99 Å². The van der Waals surface area contributed by atoms with Crippen molar-refractivity contribution >= 4 is 35.5 Å². The highest BCUT2D eigenvalue weighted by Gasteiger charge is 2.26. The van der Waals surface area contributed by atoms with Crippen molar-refractivity contribution in [2.45, 2.75) is 0 Å². The van der Waals surface area contributed by atoms with E-state index in [1.165, 1.54) is 11.1 Å². The van der Waals surface area contributed by atoms with Crippen LogP contribution in [0.2, 0.25) is 0 Å². The largest absolute Gasteiger partial charge is 0.504 e. The van der Waals surface area contributed by atoms with Crippen LogP contribution in [-0.2, 0) is 0 Å². The van der Waals surface area contributed by atoms with Crippen molar-refractivity contribution < 1.29 is 19.4 Å². The Morgan fingerprint density at radius 1 is 1.43 bits per heavy atom. The van der Waals surface area contributed by atoms with E-state index >= 15 is 0 Å². The van der Waals surface area contributed by atoms with Gasteiger partial charge in [0, 0.05) is 37.6 Å². The summed E-state index contributed by atoms with van der Waals surface area (Å²) >= 11 is 0. The van der Waals surface area contributed by atoms with E-state index in [1.807, 2.05) is 6.07 Å². The Morgan fingerprint density at radius 3 is 2.91 bits per heavy atom. The van der Waals surface area contributed by atoms with Gasteiger partial charge in [-0.3, -0.25) is 5.43 Å². The molecule has 118 valence electrons. The second-order valence-electron chi connectivity index (χ2n) is 5.06. The molecule has 1 aliphatic rings. The van der Waals surface area contributed by atoms with E-state index in [0.29, 0.717) is 11.4 Å². The molecule has 8 heteroatoms. The average Bonchev–Trinajstić information content (AvgIpc) is 3.01. The Morgan fingerprint density at radius 2 is 2.22 bits per heavy atom. The maximum Gasteiger partial charge on any atom is 0.345 e. The summed E-state index contributed by atoms with van der Waals surface area (Å²) in [4.78, 5) is 19.6. The number of aromatic hydroxyl groups is 1. The number of allylic oxidation sites excluding steroid dienone is 1. The second-order valence-corrected chi connectivity index (χ2v) is 5.06. The van der Waals surface area contributed by atoms with Crippen molar-refractivity contribution in [2.75, 3.05) is 19.5 Å². The minimum absolute atomic E-state index is 0.0323. The number of carbonyl (C=O) groups is 1. The maximum atomic E-state index is 11.3. The molecule has 0 aromatic carbocycles. The van der Waals surface area contributed by atoms with Crippen molar-refractivity contribution in [3.8, 4) is 5.75 Å². The fraction of sp³-hybridized carbons (Fsp3) is 0.133. The highest BCUT2D eigenvalue weighted by Crippen LogP contribution is 2.37. The van der Waals surface area contributed by atoms with Crippen LogP contribution in [0.4, 0.5) is 11.7 Å². The zero-order chi connectivity index (χ0) is 16.6. The molecule has 0 fully saturated rings. The van der Waals surface area contributed by atoms with Crippen LogP contribution in [0.5, 0.6) is 5.75 Å². The molecule has 0 amide bonds. The van der Waals surface area contributed by atoms with E-state index in [2.05, 4.69) is 15.4 Å². The van der Waals surface area contributed by atoms with Gasteiger partial charge in [-0.25, -0.2) is 19.8 Å². The number of hydrogen-bond donors (Lipinski definition) is 3. The Hall–Kier alpha value is -3.13. The number of aromatic carboxylic acids is 1. The number of fused-ring (bicyclic) bond motifs is 1. The lowest BCUT2D eigenvalue weighted by atomic mass is 10.1. The Bertz CT molecular complexity index is 836. The van der Waals surface area contributed by atoms with Crippen LogP contribution in [0.1, 0.15) is 21.7 Å². The summed E-state index contributed by atoms with van der Waals surface area (Å²) in [6, 6.07) is 3.60.